The Bertz CT molecular complexity index is 1420. The third-order valence-corrected chi connectivity index (χ3v) is 7.98. The first-order valence-corrected chi connectivity index (χ1v) is 12.6. The molecule has 1 saturated carbocycles. The van der Waals surface area contributed by atoms with Crippen molar-refractivity contribution in [2.75, 3.05) is 0 Å². The summed E-state index contributed by atoms with van der Waals surface area (Å²) in [7, 11) is 2.17. The fraction of sp³-hybridized carbons (Fsp3) is 0.387. The zero-order valence-corrected chi connectivity index (χ0v) is 20.6. The number of hydrogen-bond acceptors (Lipinski definition) is 1. The molecule has 0 unspecified atom stereocenters. The van der Waals surface area contributed by atoms with Gasteiger partial charge in [0, 0.05) is 11.6 Å². The summed E-state index contributed by atoms with van der Waals surface area (Å²) in [6.45, 7) is 9.09. The lowest BCUT2D eigenvalue weighted by atomic mass is 9.87. The van der Waals surface area contributed by atoms with Crippen molar-refractivity contribution in [2.24, 2.45) is 13.0 Å². The Morgan fingerprint density at radius 2 is 1.76 bits per heavy atom. The molecule has 0 spiro atoms. The summed E-state index contributed by atoms with van der Waals surface area (Å²) < 4.78 is 9.12. The molecule has 1 aromatic heterocycles. The highest BCUT2D eigenvalue weighted by atomic mass is 16.5. The Kier molecular flexibility index (Phi) is 4.76. The third-order valence-electron chi connectivity index (χ3n) is 7.98. The van der Waals surface area contributed by atoms with E-state index in [0.29, 0.717) is 11.8 Å². The van der Waals surface area contributed by atoms with Crippen molar-refractivity contribution in [1.29, 1.82) is 0 Å². The van der Waals surface area contributed by atoms with Crippen molar-refractivity contribution in [3.8, 4) is 22.8 Å². The van der Waals surface area contributed by atoms with Gasteiger partial charge >= 0.3 is 0 Å². The highest BCUT2D eigenvalue weighted by Crippen LogP contribution is 2.51. The summed E-state index contributed by atoms with van der Waals surface area (Å²) in [5, 5.41) is 5.23. The van der Waals surface area contributed by atoms with Gasteiger partial charge in [0.05, 0.1) is 10.9 Å². The molecule has 0 N–H and O–H groups in total. The second kappa shape index (κ2) is 7.58. The van der Waals surface area contributed by atoms with Crippen molar-refractivity contribution >= 4 is 21.5 Å². The molecule has 2 aliphatic rings. The lowest BCUT2D eigenvalue weighted by Crippen LogP contribution is -2.32. The number of hydrogen-bond donors (Lipinski definition) is 0. The van der Waals surface area contributed by atoms with Crippen LogP contribution in [0.4, 0.5) is 0 Å². The molecule has 1 aliphatic heterocycles. The number of rotatable bonds is 3. The number of aryl methyl sites for hydroxylation is 3. The Hall–Kier alpha value is -2.87. The quantitative estimate of drug-likeness (QED) is 0.261. The van der Waals surface area contributed by atoms with Crippen LogP contribution in [0.15, 0.2) is 42.6 Å². The standard InChI is InChI=1S/C31H34NO/c1-18(2)14-21-10-11-25-19(3)28-30-29-23(12-13-32(30)5)16-24(22-8-6-7-9-22)17-27(29)33-31(28)20(4)26(25)15-21/h10-13,15-18,22H,6-9,14H2,1-5H3/q+1. The van der Waals surface area contributed by atoms with Crippen LogP contribution in [0.1, 0.15) is 67.7 Å². The molecular weight excluding hydrogens is 402 g/mol. The van der Waals surface area contributed by atoms with E-state index in [9.17, 15) is 0 Å². The monoisotopic (exact) mass is 436 g/mol. The molecule has 3 aromatic carbocycles. The molecule has 2 nitrogen and oxygen atoms in total. The minimum absolute atomic E-state index is 0.648. The number of fused-ring (bicyclic) bond motifs is 3. The topological polar surface area (TPSA) is 13.1 Å². The van der Waals surface area contributed by atoms with Crippen LogP contribution in [-0.4, -0.2) is 0 Å². The smallest absolute Gasteiger partial charge is 0.228 e. The van der Waals surface area contributed by atoms with E-state index in [1.165, 1.54) is 80.7 Å². The van der Waals surface area contributed by atoms with Gasteiger partial charge in [0.1, 0.15) is 18.5 Å². The molecule has 2 heterocycles. The molecule has 33 heavy (non-hydrogen) atoms. The molecular formula is C31H34NO+. The summed E-state index contributed by atoms with van der Waals surface area (Å²) in [4.78, 5) is 0. The molecule has 1 fully saturated rings. The minimum atomic E-state index is 0.648. The van der Waals surface area contributed by atoms with Crippen LogP contribution in [0.3, 0.4) is 0 Å². The maximum absolute atomic E-state index is 6.83. The zero-order chi connectivity index (χ0) is 22.9. The molecule has 0 atom stereocenters. The molecule has 1 aliphatic carbocycles. The van der Waals surface area contributed by atoms with E-state index in [1.807, 2.05) is 0 Å². The molecule has 0 bridgehead atoms. The number of nitrogens with zero attached hydrogens (tertiary/aromatic N) is 1. The van der Waals surface area contributed by atoms with Crippen LogP contribution in [0.25, 0.3) is 32.8 Å². The van der Waals surface area contributed by atoms with Crippen molar-refractivity contribution in [2.45, 2.75) is 65.7 Å². The van der Waals surface area contributed by atoms with Crippen LogP contribution in [0, 0.1) is 19.8 Å². The van der Waals surface area contributed by atoms with E-state index in [-0.39, 0.29) is 0 Å². The summed E-state index contributed by atoms with van der Waals surface area (Å²) in [6.07, 6.45) is 8.63. The second-order valence-electron chi connectivity index (χ2n) is 10.8. The van der Waals surface area contributed by atoms with Gasteiger partial charge in [-0.25, -0.2) is 4.57 Å². The number of pyridine rings is 1. The Balaban J connectivity index is 1.63. The Morgan fingerprint density at radius 3 is 2.52 bits per heavy atom. The van der Waals surface area contributed by atoms with Gasteiger partial charge in [-0.1, -0.05) is 51.0 Å². The largest absolute Gasteiger partial charge is 0.455 e. The van der Waals surface area contributed by atoms with Gasteiger partial charge < -0.3 is 4.74 Å². The first-order valence-electron chi connectivity index (χ1n) is 12.6. The van der Waals surface area contributed by atoms with Crippen LogP contribution < -0.4 is 9.30 Å². The number of benzene rings is 3. The fourth-order valence-electron chi connectivity index (χ4n) is 6.33. The fourth-order valence-corrected chi connectivity index (χ4v) is 6.33. The van der Waals surface area contributed by atoms with Gasteiger partial charge in [-0.15, -0.1) is 0 Å². The summed E-state index contributed by atoms with van der Waals surface area (Å²) in [5.74, 6) is 3.40. The maximum Gasteiger partial charge on any atom is 0.228 e. The number of aromatic nitrogens is 1. The van der Waals surface area contributed by atoms with E-state index in [2.05, 4.69) is 81.9 Å². The van der Waals surface area contributed by atoms with Crippen LogP contribution >= 0.6 is 0 Å². The predicted octanol–water partition coefficient (Wildman–Crippen LogP) is 8.06. The van der Waals surface area contributed by atoms with Gasteiger partial charge in [-0.2, -0.15) is 0 Å². The highest BCUT2D eigenvalue weighted by molar-refractivity contribution is 6.06. The van der Waals surface area contributed by atoms with Gasteiger partial charge in [0.15, 0.2) is 6.20 Å². The minimum Gasteiger partial charge on any atom is -0.455 e. The van der Waals surface area contributed by atoms with E-state index >= 15 is 0 Å². The van der Waals surface area contributed by atoms with Gasteiger partial charge in [-0.3, -0.25) is 0 Å². The normalized spacial score (nSPS) is 15.5. The average molecular weight is 437 g/mol. The second-order valence-corrected chi connectivity index (χ2v) is 10.8. The molecule has 0 amide bonds. The molecule has 4 aromatic rings. The average Bonchev–Trinajstić information content (AvgIpc) is 3.33. The number of ether oxygens (including phenoxy) is 1. The molecule has 6 rings (SSSR count). The van der Waals surface area contributed by atoms with Crippen molar-refractivity contribution in [3.05, 3.63) is 64.8 Å². The van der Waals surface area contributed by atoms with E-state index < -0.39 is 0 Å². The predicted molar refractivity (Wildman–Crippen MR) is 137 cm³/mol. The van der Waals surface area contributed by atoms with Crippen LogP contribution in [0.2, 0.25) is 0 Å². The first-order chi connectivity index (χ1) is 15.9. The lowest BCUT2D eigenvalue weighted by Gasteiger charge is -2.25. The van der Waals surface area contributed by atoms with E-state index in [0.717, 1.165) is 17.9 Å². The van der Waals surface area contributed by atoms with Gasteiger partial charge in [0.25, 0.3) is 0 Å². The maximum atomic E-state index is 6.83. The SMILES string of the molecule is Cc1c2c(c(C)c3ccc(CC(C)C)cc13)-c1c3c(cc(C4CCCC4)cc3cc[n+]1C)O2. The molecule has 2 heteroatoms. The van der Waals surface area contributed by atoms with Crippen LogP contribution in [0.5, 0.6) is 11.5 Å². The van der Waals surface area contributed by atoms with Crippen molar-refractivity contribution in [3.63, 3.8) is 0 Å². The Morgan fingerprint density at radius 1 is 0.970 bits per heavy atom. The van der Waals surface area contributed by atoms with Crippen LogP contribution in [-0.2, 0) is 13.5 Å². The summed E-state index contributed by atoms with van der Waals surface area (Å²) in [5.41, 5.74) is 7.97. The van der Waals surface area contributed by atoms with E-state index in [4.69, 9.17) is 4.74 Å². The molecule has 0 radical (unpaired) electrons. The lowest BCUT2D eigenvalue weighted by molar-refractivity contribution is -0.659. The third kappa shape index (κ3) is 3.18. The Labute approximate surface area is 197 Å². The van der Waals surface area contributed by atoms with Crippen molar-refractivity contribution < 1.29 is 9.30 Å². The zero-order valence-electron chi connectivity index (χ0n) is 20.6. The molecule has 0 saturated heterocycles. The highest BCUT2D eigenvalue weighted by Gasteiger charge is 2.33. The van der Waals surface area contributed by atoms with Crippen molar-refractivity contribution in [1.82, 2.24) is 0 Å². The summed E-state index contributed by atoms with van der Waals surface area (Å²) in [6, 6.07) is 14.1. The molecule has 168 valence electrons. The van der Waals surface area contributed by atoms with Gasteiger partial charge in [0.2, 0.25) is 5.69 Å². The van der Waals surface area contributed by atoms with E-state index in [1.54, 1.807) is 0 Å². The summed E-state index contributed by atoms with van der Waals surface area (Å²) >= 11 is 0. The first kappa shape index (κ1) is 20.7. The van der Waals surface area contributed by atoms with Gasteiger partial charge in [-0.05, 0) is 83.9 Å².